The zero-order valence-corrected chi connectivity index (χ0v) is 14.8. The van der Waals surface area contributed by atoms with Crippen molar-refractivity contribution < 1.29 is 18.3 Å². The lowest BCUT2D eigenvalue weighted by atomic mass is 9.78. The quantitative estimate of drug-likeness (QED) is 0.755. The van der Waals surface area contributed by atoms with Crippen LogP contribution in [0.5, 0.6) is 0 Å². The molecule has 1 aromatic carbocycles. The number of benzene rings is 1. The highest BCUT2D eigenvalue weighted by Gasteiger charge is 2.40. The van der Waals surface area contributed by atoms with Crippen LogP contribution in [0.15, 0.2) is 29.2 Å². The predicted molar refractivity (Wildman–Crippen MR) is 89.8 cm³/mol. The minimum atomic E-state index is -3.75. The molecule has 2 rings (SSSR count). The molecule has 1 aliphatic rings. The van der Waals surface area contributed by atoms with Gasteiger partial charge in [0.15, 0.2) is 0 Å². The van der Waals surface area contributed by atoms with Crippen molar-refractivity contribution in [1.82, 2.24) is 4.31 Å². The van der Waals surface area contributed by atoms with Gasteiger partial charge >= 0.3 is 0 Å². The molecule has 24 heavy (non-hydrogen) atoms. The van der Waals surface area contributed by atoms with Crippen LogP contribution in [0.25, 0.3) is 0 Å². The van der Waals surface area contributed by atoms with E-state index >= 15 is 0 Å². The summed E-state index contributed by atoms with van der Waals surface area (Å²) in [6, 6.07) is 8.19. The molecule has 1 heterocycles. The number of nitriles is 1. The first kappa shape index (κ1) is 18.9. The van der Waals surface area contributed by atoms with Crippen LogP contribution < -0.4 is 0 Å². The summed E-state index contributed by atoms with van der Waals surface area (Å²) in [4.78, 5) is 0.0399. The zero-order chi connectivity index (χ0) is 17.6. The molecular formula is C17H24N2O4S. The number of methoxy groups -OCH3 is 1. The summed E-state index contributed by atoms with van der Waals surface area (Å²) in [5.74, 6) is 0. The number of hydrogen-bond donors (Lipinski definition) is 1. The summed E-state index contributed by atoms with van der Waals surface area (Å²) in [5.41, 5.74) is -0.289. The van der Waals surface area contributed by atoms with Gasteiger partial charge in [-0.1, -0.05) is 12.1 Å². The third-order valence-electron chi connectivity index (χ3n) is 4.64. The Morgan fingerprint density at radius 3 is 2.83 bits per heavy atom. The molecule has 0 unspecified atom stereocenters. The molecule has 132 valence electrons. The van der Waals surface area contributed by atoms with Gasteiger partial charge in [-0.25, -0.2) is 8.42 Å². The van der Waals surface area contributed by atoms with Gasteiger partial charge in [-0.2, -0.15) is 9.57 Å². The summed E-state index contributed by atoms with van der Waals surface area (Å²) in [6.45, 7) is 1.22. The van der Waals surface area contributed by atoms with Crippen LogP contribution in [0.3, 0.4) is 0 Å². The first-order valence-corrected chi connectivity index (χ1v) is 9.52. The van der Waals surface area contributed by atoms with E-state index in [-0.39, 0.29) is 23.6 Å². The fourth-order valence-electron chi connectivity index (χ4n) is 3.29. The van der Waals surface area contributed by atoms with E-state index < -0.39 is 15.4 Å². The second kappa shape index (κ2) is 8.08. The van der Waals surface area contributed by atoms with Crippen LogP contribution in [0.4, 0.5) is 0 Å². The Bertz CT molecular complexity index is 699. The van der Waals surface area contributed by atoms with Crippen LogP contribution in [-0.4, -0.2) is 51.2 Å². The molecule has 0 aromatic heterocycles. The molecule has 1 aromatic rings. The third-order valence-corrected chi connectivity index (χ3v) is 6.55. The van der Waals surface area contributed by atoms with Gasteiger partial charge in [0.2, 0.25) is 10.0 Å². The fraction of sp³-hybridized carbons (Fsp3) is 0.588. The van der Waals surface area contributed by atoms with Gasteiger partial charge in [0.1, 0.15) is 6.07 Å². The van der Waals surface area contributed by atoms with Gasteiger partial charge in [0, 0.05) is 38.8 Å². The minimum Gasteiger partial charge on any atom is -0.396 e. The van der Waals surface area contributed by atoms with Crippen molar-refractivity contribution in [3.63, 3.8) is 0 Å². The summed E-state index contributed by atoms with van der Waals surface area (Å²) < 4.78 is 32.4. The maximum atomic E-state index is 13.0. The number of aliphatic hydroxyl groups is 1. The summed E-state index contributed by atoms with van der Waals surface area (Å²) in [5, 5.41) is 19.1. The number of nitrogens with zero attached hydrogens (tertiary/aromatic N) is 2. The van der Waals surface area contributed by atoms with Crippen LogP contribution in [-0.2, 0) is 14.8 Å². The monoisotopic (exact) mass is 352 g/mol. The topological polar surface area (TPSA) is 90.6 Å². The average molecular weight is 352 g/mol. The smallest absolute Gasteiger partial charge is 0.244 e. The molecule has 0 spiro atoms. The van der Waals surface area contributed by atoms with E-state index in [1.165, 1.54) is 16.4 Å². The number of hydrogen-bond acceptors (Lipinski definition) is 5. The molecule has 1 N–H and O–H groups in total. The van der Waals surface area contributed by atoms with E-state index in [0.717, 1.165) is 12.8 Å². The van der Waals surface area contributed by atoms with Gasteiger partial charge in [0.25, 0.3) is 0 Å². The molecule has 0 aliphatic carbocycles. The zero-order valence-electron chi connectivity index (χ0n) is 13.9. The lowest BCUT2D eigenvalue weighted by Gasteiger charge is -2.41. The molecule has 0 radical (unpaired) electrons. The van der Waals surface area contributed by atoms with Crippen LogP contribution in [0, 0.1) is 16.7 Å². The molecule has 1 atom stereocenters. The van der Waals surface area contributed by atoms with Crippen molar-refractivity contribution in [3.05, 3.63) is 29.8 Å². The molecule has 0 bridgehead atoms. The highest BCUT2D eigenvalue weighted by molar-refractivity contribution is 7.89. The molecule has 7 heteroatoms. The highest BCUT2D eigenvalue weighted by Crippen LogP contribution is 2.36. The van der Waals surface area contributed by atoms with Crippen molar-refractivity contribution in [3.8, 4) is 6.07 Å². The van der Waals surface area contributed by atoms with Gasteiger partial charge in [-0.15, -0.1) is 0 Å². The van der Waals surface area contributed by atoms with Gasteiger partial charge in [0.05, 0.1) is 10.5 Å². The molecule has 0 amide bonds. The van der Waals surface area contributed by atoms with E-state index in [4.69, 9.17) is 4.74 Å². The number of aliphatic hydroxyl groups excluding tert-OH is 1. The average Bonchev–Trinajstić information content (AvgIpc) is 2.62. The third kappa shape index (κ3) is 3.95. The first-order chi connectivity index (χ1) is 11.5. The maximum absolute atomic E-state index is 13.0. The van der Waals surface area contributed by atoms with Crippen molar-refractivity contribution >= 4 is 10.0 Å². The molecule has 0 saturated carbocycles. The minimum absolute atomic E-state index is 0.0399. The molecule has 1 aliphatic heterocycles. The SMILES string of the molecule is COCCC[C@@]1(CO)CCCN(S(=O)(=O)c2ccccc2C#N)C1. The Labute approximate surface area is 143 Å². The van der Waals surface area contributed by atoms with Crippen LogP contribution >= 0.6 is 0 Å². The normalized spacial score (nSPS) is 22.2. The number of piperidine rings is 1. The Morgan fingerprint density at radius 2 is 2.17 bits per heavy atom. The van der Waals surface area contributed by atoms with Crippen molar-refractivity contribution in [2.75, 3.05) is 33.4 Å². The molecular weight excluding hydrogens is 328 g/mol. The van der Waals surface area contributed by atoms with E-state index in [0.29, 0.717) is 26.0 Å². The molecule has 6 nitrogen and oxygen atoms in total. The van der Waals surface area contributed by atoms with Gasteiger partial charge < -0.3 is 9.84 Å². The second-order valence-electron chi connectivity index (χ2n) is 6.30. The summed E-state index contributed by atoms with van der Waals surface area (Å²) in [6.07, 6.45) is 2.98. The second-order valence-corrected chi connectivity index (χ2v) is 8.21. The standard InChI is InChI=1S/C17H24N2O4S/c1-23-11-5-9-17(14-20)8-4-10-19(13-17)24(21,22)16-7-3-2-6-15(16)12-18/h2-3,6-7,20H,4-5,8-11,13-14H2,1H3/t17-/m0/s1. The molecule has 1 saturated heterocycles. The van der Waals surface area contributed by atoms with Gasteiger partial charge in [-0.05, 0) is 37.8 Å². The maximum Gasteiger partial charge on any atom is 0.244 e. The lowest BCUT2D eigenvalue weighted by molar-refractivity contribution is 0.0472. The van der Waals surface area contributed by atoms with Crippen molar-refractivity contribution in [2.24, 2.45) is 5.41 Å². The predicted octanol–water partition coefficient (Wildman–Crippen LogP) is 1.75. The van der Waals surface area contributed by atoms with Crippen LogP contribution in [0.1, 0.15) is 31.2 Å². The largest absolute Gasteiger partial charge is 0.396 e. The summed E-state index contributed by atoms with van der Waals surface area (Å²) in [7, 11) is -2.12. The first-order valence-electron chi connectivity index (χ1n) is 8.08. The van der Waals surface area contributed by atoms with Crippen molar-refractivity contribution in [2.45, 2.75) is 30.6 Å². The van der Waals surface area contributed by atoms with E-state index in [2.05, 4.69) is 0 Å². The number of rotatable bonds is 7. The van der Waals surface area contributed by atoms with E-state index in [1.54, 1.807) is 19.2 Å². The van der Waals surface area contributed by atoms with Gasteiger partial charge in [-0.3, -0.25) is 0 Å². The van der Waals surface area contributed by atoms with Crippen molar-refractivity contribution in [1.29, 1.82) is 5.26 Å². The lowest BCUT2D eigenvalue weighted by Crippen LogP contribution is -2.48. The summed E-state index contributed by atoms with van der Waals surface area (Å²) >= 11 is 0. The van der Waals surface area contributed by atoms with E-state index in [9.17, 15) is 18.8 Å². The fourth-order valence-corrected chi connectivity index (χ4v) is 5.03. The molecule has 1 fully saturated rings. The Morgan fingerprint density at radius 1 is 1.42 bits per heavy atom. The highest BCUT2D eigenvalue weighted by atomic mass is 32.2. The number of ether oxygens (including phenoxy) is 1. The Kier molecular flexibility index (Phi) is 6.35. The van der Waals surface area contributed by atoms with E-state index in [1.807, 2.05) is 6.07 Å². The van der Waals surface area contributed by atoms with Crippen LogP contribution in [0.2, 0.25) is 0 Å². The number of sulfonamides is 1. The Balaban J connectivity index is 2.26. The Hall–Kier alpha value is -1.46.